The minimum atomic E-state index is -0.0465. The first-order chi connectivity index (χ1) is 16.1. The molecule has 4 aromatic rings. The van der Waals surface area contributed by atoms with E-state index in [4.69, 9.17) is 0 Å². The number of nitrogens with zero attached hydrogens (tertiary/aromatic N) is 8. The molecule has 1 fully saturated rings. The Balaban J connectivity index is 1.29. The lowest BCUT2D eigenvalue weighted by molar-refractivity contribution is 0.0748. The highest BCUT2D eigenvalue weighted by molar-refractivity contribution is 6.00. The van der Waals surface area contributed by atoms with Crippen LogP contribution in [0.2, 0.25) is 0 Å². The minimum Gasteiger partial charge on any atom is -0.353 e. The number of pyridine rings is 2. The lowest BCUT2D eigenvalue weighted by Gasteiger charge is -2.35. The van der Waals surface area contributed by atoms with E-state index in [-0.39, 0.29) is 5.91 Å². The minimum absolute atomic E-state index is 0.0465. The number of aromatic nitrogens is 5. The number of anilines is 1. The van der Waals surface area contributed by atoms with Gasteiger partial charge in [0.05, 0.1) is 11.9 Å². The van der Waals surface area contributed by atoms with Gasteiger partial charge >= 0.3 is 0 Å². The Bertz CT molecular complexity index is 1240. The van der Waals surface area contributed by atoms with Crippen LogP contribution < -0.4 is 4.90 Å². The van der Waals surface area contributed by atoms with Crippen LogP contribution in [0.3, 0.4) is 0 Å². The van der Waals surface area contributed by atoms with Gasteiger partial charge < -0.3 is 14.7 Å². The fraction of sp³-hybridized carbons (Fsp3) is 0.292. The molecule has 0 aromatic carbocycles. The van der Waals surface area contributed by atoms with Crippen LogP contribution in [0.5, 0.6) is 0 Å². The number of carbonyl (C=O) groups excluding carboxylic acids is 1. The van der Waals surface area contributed by atoms with Crippen LogP contribution in [-0.2, 0) is 6.54 Å². The Hall–Kier alpha value is -3.85. The van der Waals surface area contributed by atoms with Gasteiger partial charge in [-0.05, 0) is 43.9 Å². The van der Waals surface area contributed by atoms with E-state index in [1.165, 1.54) is 5.56 Å². The maximum absolute atomic E-state index is 13.3. The summed E-state index contributed by atoms with van der Waals surface area (Å²) in [6.45, 7) is 3.59. The average Bonchev–Trinajstić information content (AvgIpc) is 3.29. The van der Waals surface area contributed by atoms with Gasteiger partial charge in [-0.15, -0.1) is 0 Å². The van der Waals surface area contributed by atoms with Crippen LogP contribution in [0.25, 0.3) is 16.9 Å². The second-order valence-corrected chi connectivity index (χ2v) is 8.41. The largest absolute Gasteiger partial charge is 0.353 e. The van der Waals surface area contributed by atoms with Crippen LogP contribution in [0.4, 0.5) is 5.82 Å². The van der Waals surface area contributed by atoms with Crippen molar-refractivity contribution in [2.45, 2.75) is 6.54 Å². The fourth-order valence-corrected chi connectivity index (χ4v) is 4.15. The number of fused-ring (bicyclic) bond motifs is 1. The summed E-state index contributed by atoms with van der Waals surface area (Å²) in [5, 5.41) is 4.46. The second-order valence-electron chi connectivity index (χ2n) is 8.41. The first kappa shape index (κ1) is 21.0. The molecule has 0 spiro atoms. The zero-order chi connectivity index (χ0) is 22.8. The Kier molecular flexibility index (Phi) is 5.70. The zero-order valence-corrected chi connectivity index (χ0v) is 18.8. The van der Waals surface area contributed by atoms with Crippen LogP contribution in [0.15, 0.2) is 61.3 Å². The fourth-order valence-electron chi connectivity index (χ4n) is 4.15. The van der Waals surface area contributed by atoms with Gasteiger partial charge in [-0.25, -0.2) is 14.5 Å². The van der Waals surface area contributed by atoms with Gasteiger partial charge in [-0.2, -0.15) is 5.10 Å². The molecule has 0 unspecified atom stereocenters. The van der Waals surface area contributed by atoms with Crippen molar-refractivity contribution in [3.05, 3.63) is 72.4 Å². The molecule has 1 aliphatic rings. The van der Waals surface area contributed by atoms with Gasteiger partial charge in [-0.3, -0.25) is 9.78 Å². The Morgan fingerprint density at radius 3 is 2.52 bits per heavy atom. The van der Waals surface area contributed by atoms with Gasteiger partial charge in [0, 0.05) is 63.1 Å². The van der Waals surface area contributed by atoms with Crippen molar-refractivity contribution in [1.29, 1.82) is 0 Å². The standard InChI is InChI=1S/C24H26N8O/c1-29(2)17-18-5-6-22(27-14-18)30-10-12-31(13-11-30)24(33)20-16-28-32-21(7-9-26-23(20)32)19-4-3-8-25-15-19/h3-9,14-16H,10-13,17H2,1-2H3. The lowest BCUT2D eigenvalue weighted by Crippen LogP contribution is -2.49. The highest BCUT2D eigenvalue weighted by Crippen LogP contribution is 2.22. The van der Waals surface area contributed by atoms with Gasteiger partial charge in [0.25, 0.3) is 5.91 Å². The molecular formula is C24H26N8O. The highest BCUT2D eigenvalue weighted by Gasteiger charge is 2.26. The number of carbonyl (C=O) groups is 1. The van der Waals surface area contributed by atoms with E-state index < -0.39 is 0 Å². The summed E-state index contributed by atoms with van der Waals surface area (Å²) in [6, 6.07) is 9.89. The number of hydrogen-bond donors (Lipinski definition) is 0. The molecule has 5 heterocycles. The Morgan fingerprint density at radius 1 is 0.970 bits per heavy atom. The number of rotatable bonds is 5. The number of hydrogen-bond acceptors (Lipinski definition) is 7. The molecule has 1 saturated heterocycles. The van der Waals surface area contributed by atoms with Crippen LogP contribution in [-0.4, -0.2) is 80.5 Å². The quantitative estimate of drug-likeness (QED) is 0.469. The summed E-state index contributed by atoms with van der Waals surface area (Å²) in [5.41, 5.74) is 4.02. The molecule has 168 valence electrons. The molecule has 0 saturated carbocycles. The summed E-state index contributed by atoms with van der Waals surface area (Å²) < 4.78 is 1.71. The van der Waals surface area contributed by atoms with Gasteiger partial charge in [-0.1, -0.05) is 6.07 Å². The van der Waals surface area contributed by atoms with E-state index in [0.717, 1.165) is 36.7 Å². The van der Waals surface area contributed by atoms with Crippen molar-refractivity contribution in [3.63, 3.8) is 0 Å². The maximum atomic E-state index is 13.3. The smallest absolute Gasteiger partial charge is 0.259 e. The molecule has 1 aliphatic heterocycles. The summed E-state index contributed by atoms with van der Waals surface area (Å²) in [5.74, 6) is 0.901. The third kappa shape index (κ3) is 4.27. The monoisotopic (exact) mass is 442 g/mol. The van der Waals surface area contributed by atoms with Crippen molar-refractivity contribution in [3.8, 4) is 11.3 Å². The van der Waals surface area contributed by atoms with E-state index in [2.05, 4.69) is 42.0 Å². The Morgan fingerprint density at radius 2 is 1.82 bits per heavy atom. The molecule has 4 aromatic heterocycles. The second kappa shape index (κ2) is 8.95. The first-order valence-corrected chi connectivity index (χ1v) is 11.0. The summed E-state index contributed by atoms with van der Waals surface area (Å²) in [6.07, 6.45) is 8.75. The molecule has 9 nitrogen and oxygen atoms in total. The predicted molar refractivity (Wildman–Crippen MR) is 126 cm³/mol. The molecule has 33 heavy (non-hydrogen) atoms. The molecule has 1 amide bonds. The molecule has 9 heteroatoms. The van der Waals surface area contributed by atoms with Crippen LogP contribution in [0.1, 0.15) is 15.9 Å². The van der Waals surface area contributed by atoms with E-state index in [1.54, 1.807) is 29.3 Å². The summed E-state index contributed by atoms with van der Waals surface area (Å²) in [4.78, 5) is 32.8. The molecule has 0 N–H and O–H groups in total. The molecule has 0 aliphatic carbocycles. The van der Waals surface area contributed by atoms with Crippen molar-refractivity contribution < 1.29 is 4.79 Å². The van der Waals surface area contributed by atoms with Crippen molar-refractivity contribution in [1.82, 2.24) is 34.4 Å². The summed E-state index contributed by atoms with van der Waals surface area (Å²) in [7, 11) is 4.09. The van der Waals surface area contributed by atoms with Crippen molar-refractivity contribution in [2.24, 2.45) is 0 Å². The van der Waals surface area contributed by atoms with Crippen molar-refractivity contribution >= 4 is 17.4 Å². The average molecular weight is 443 g/mol. The third-order valence-corrected chi connectivity index (χ3v) is 5.79. The van der Waals surface area contributed by atoms with E-state index in [9.17, 15) is 4.79 Å². The van der Waals surface area contributed by atoms with Gasteiger partial charge in [0.2, 0.25) is 0 Å². The zero-order valence-electron chi connectivity index (χ0n) is 18.8. The lowest BCUT2D eigenvalue weighted by atomic mass is 10.2. The van der Waals surface area contributed by atoms with E-state index >= 15 is 0 Å². The topological polar surface area (TPSA) is 82.8 Å². The third-order valence-electron chi connectivity index (χ3n) is 5.79. The molecule has 0 bridgehead atoms. The first-order valence-electron chi connectivity index (χ1n) is 11.0. The predicted octanol–water partition coefficient (Wildman–Crippen LogP) is 2.21. The van der Waals surface area contributed by atoms with Gasteiger partial charge in [0.15, 0.2) is 5.65 Å². The van der Waals surface area contributed by atoms with Crippen LogP contribution >= 0.6 is 0 Å². The SMILES string of the molecule is CN(C)Cc1ccc(N2CCN(C(=O)c3cnn4c(-c5cccnc5)ccnc34)CC2)nc1. The van der Waals surface area contributed by atoms with Gasteiger partial charge in [0.1, 0.15) is 11.4 Å². The number of amides is 1. The van der Waals surface area contributed by atoms with E-state index in [0.29, 0.717) is 24.3 Å². The highest BCUT2D eigenvalue weighted by atomic mass is 16.2. The van der Waals surface area contributed by atoms with Crippen molar-refractivity contribution in [2.75, 3.05) is 45.2 Å². The van der Waals surface area contributed by atoms with E-state index in [1.807, 2.05) is 43.4 Å². The normalized spacial score (nSPS) is 14.3. The molecule has 0 atom stereocenters. The number of piperazine rings is 1. The Labute approximate surface area is 192 Å². The maximum Gasteiger partial charge on any atom is 0.259 e. The molecular weight excluding hydrogens is 416 g/mol. The molecule has 5 rings (SSSR count). The van der Waals surface area contributed by atoms with Crippen LogP contribution in [0, 0.1) is 0 Å². The summed E-state index contributed by atoms with van der Waals surface area (Å²) >= 11 is 0. The molecule has 0 radical (unpaired) electrons.